The predicted octanol–water partition coefficient (Wildman–Crippen LogP) is 1.99. The van der Waals surface area contributed by atoms with Gasteiger partial charge >= 0.3 is 0 Å². The van der Waals surface area contributed by atoms with Crippen LogP contribution in [0.2, 0.25) is 0 Å². The Morgan fingerprint density at radius 2 is 2.10 bits per heavy atom. The molecule has 1 spiro atoms. The summed E-state index contributed by atoms with van der Waals surface area (Å²) >= 11 is 0. The lowest BCUT2D eigenvalue weighted by Crippen LogP contribution is -2.48. The number of hydrogen-bond donors (Lipinski definition) is 2. The quantitative estimate of drug-likeness (QED) is 0.873. The van der Waals surface area contributed by atoms with Crippen LogP contribution in [0.5, 0.6) is 0 Å². The maximum absolute atomic E-state index is 12.2. The molecule has 0 aromatic carbocycles. The molecule has 1 saturated carbocycles. The summed E-state index contributed by atoms with van der Waals surface area (Å²) in [6, 6.07) is 0.342. The highest BCUT2D eigenvalue weighted by Gasteiger charge is 2.43. The van der Waals surface area contributed by atoms with E-state index in [0.717, 1.165) is 38.0 Å². The van der Waals surface area contributed by atoms with Crippen molar-refractivity contribution in [2.75, 3.05) is 18.0 Å². The fourth-order valence-electron chi connectivity index (χ4n) is 3.88. The average molecular weight is 290 g/mol. The molecule has 1 aliphatic carbocycles. The molecular formula is C16H26N4O. The lowest BCUT2D eigenvalue weighted by atomic mass is 9.74. The van der Waals surface area contributed by atoms with E-state index in [1.54, 1.807) is 6.20 Å². The van der Waals surface area contributed by atoms with Gasteiger partial charge in [0.05, 0.1) is 0 Å². The van der Waals surface area contributed by atoms with Crippen LogP contribution in [0, 0.1) is 5.41 Å². The third-order valence-corrected chi connectivity index (χ3v) is 5.44. The first-order valence-corrected chi connectivity index (χ1v) is 8.11. The van der Waals surface area contributed by atoms with E-state index in [1.165, 1.54) is 12.8 Å². The van der Waals surface area contributed by atoms with Crippen LogP contribution in [0.4, 0.5) is 5.82 Å². The monoisotopic (exact) mass is 290 g/mol. The topological polar surface area (TPSA) is 75.0 Å². The van der Waals surface area contributed by atoms with Gasteiger partial charge in [0.25, 0.3) is 5.56 Å². The first-order valence-electron chi connectivity index (χ1n) is 8.11. The molecule has 21 heavy (non-hydrogen) atoms. The van der Waals surface area contributed by atoms with Crippen LogP contribution in [0.15, 0.2) is 11.0 Å². The zero-order valence-electron chi connectivity index (χ0n) is 13.1. The fourth-order valence-corrected chi connectivity index (χ4v) is 3.88. The third-order valence-electron chi connectivity index (χ3n) is 5.44. The summed E-state index contributed by atoms with van der Waals surface area (Å²) in [5.74, 6) is 0.862. The van der Waals surface area contributed by atoms with Gasteiger partial charge < -0.3 is 15.6 Å². The Bertz CT molecular complexity index is 558. The number of anilines is 1. The SMILES string of the molecule is CC(C)c1cnc(N2CCC3(CCC[C@H]3N)CC2)c(=O)[nH]1. The summed E-state index contributed by atoms with van der Waals surface area (Å²) in [6.07, 6.45) is 7.62. The third kappa shape index (κ3) is 2.59. The van der Waals surface area contributed by atoms with Gasteiger partial charge in [-0.3, -0.25) is 4.79 Å². The Labute approximate surface area is 125 Å². The van der Waals surface area contributed by atoms with E-state index in [4.69, 9.17) is 5.73 Å². The van der Waals surface area contributed by atoms with Crippen molar-refractivity contribution in [2.45, 2.75) is 57.9 Å². The van der Waals surface area contributed by atoms with Gasteiger partial charge in [-0.15, -0.1) is 0 Å². The maximum Gasteiger partial charge on any atom is 0.291 e. The first kappa shape index (κ1) is 14.6. The molecule has 1 aromatic rings. The van der Waals surface area contributed by atoms with Crippen molar-refractivity contribution in [2.24, 2.45) is 11.1 Å². The molecule has 3 N–H and O–H groups in total. The molecule has 0 bridgehead atoms. The Hall–Kier alpha value is -1.36. The molecule has 1 aliphatic heterocycles. The normalized spacial score (nSPS) is 25.0. The number of nitrogens with one attached hydrogen (secondary N) is 1. The van der Waals surface area contributed by atoms with Crippen LogP contribution in [0.1, 0.15) is 57.6 Å². The van der Waals surface area contributed by atoms with E-state index in [0.29, 0.717) is 23.2 Å². The highest BCUT2D eigenvalue weighted by molar-refractivity contribution is 5.37. The van der Waals surface area contributed by atoms with Crippen molar-refractivity contribution in [1.82, 2.24) is 9.97 Å². The summed E-state index contributed by atoms with van der Waals surface area (Å²) in [4.78, 5) is 21.7. The van der Waals surface area contributed by atoms with Gasteiger partial charge in [0.1, 0.15) is 0 Å². The Balaban J connectivity index is 1.74. The molecular weight excluding hydrogens is 264 g/mol. The molecule has 1 aromatic heterocycles. The molecule has 116 valence electrons. The maximum atomic E-state index is 12.2. The van der Waals surface area contributed by atoms with Crippen molar-refractivity contribution in [3.05, 3.63) is 22.2 Å². The summed E-state index contributed by atoms with van der Waals surface area (Å²) < 4.78 is 0. The second-order valence-corrected chi connectivity index (χ2v) is 6.99. The lowest BCUT2D eigenvalue weighted by Gasteiger charge is -2.42. The van der Waals surface area contributed by atoms with Gasteiger partial charge in [0.2, 0.25) is 0 Å². The van der Waals surface area contributed by atoms with Gasteiger partial charge in [0.15, 0.2) is 5.82 Å². The smallest absolute Gasteiger partial charge is 0.291 e. The number of piperidine rings is 1. The van der Waals surface area contributed by atoms with Gasteiger partial charge in [-0.1, -0.05) is 20.3 Å². The van der Waals surface area contributed by atoms with Crippen LogP contribution in [0.3, 0.4) is 0 Å². The number of aromatic nitrogens is 2. The molecule has 1 saturated heterocycles. The van der Waals surface area contributed by atoms with E-state index in [-0.39, 0.29) is 5.56 Å². The molecule has 1 atom stereocenters. The Morgan fingerprint density at radius 3 is 2.62 bits per heavy atom. The second kappa shape index (κ2) is 5.44. The average Bonchev–Trinajstić information content (AvgIpc) is 2.81. The van der Waals surface area contributed by atoms with Crippen molar-refractivity contribution >= 4 is 5.82 Å². The molecule has 2 fully saturated rings. The van der Waals surface area contributed by atoms with E-state index in [9.17, 15) is 4.79 Å². The molecule has 0 radical (unpaired) electrons. The summed E-state index contributed by atoms with van der Waals surface area (Å²) in [7, 11) is 0. The van der Waals surface area contributed by atoms with E-state index in [2.05, 4.69) is 28.7 Å². The minimum absolute atomic E-state index is 0.0622. The molecule has 5 heteroatoms. The van der Waals surface area contributed by atoms with Crippen molar-refractivity contribution in [1.29, 1.82) is 0 Å². The highest BCUT2D eigenvalue weighted by atomic mass is 16.1. The number of hydrogen-bond acceptors (Lipinski definition) is 4. The van der Waals surface area contributed by atoms with Crippen LogP contribution in [0.25, 0.3) is 0 Å². The van der Waals surface area contributed by atoms with E-state index >= 15 is 0 Å². The van der Waals surface area contributed by atoms with Gasteiger partial charge in [-0.25, -0.2) is 4.98 Å². The standard InChI is InChI=1S/C16H26N4O/c1-11(2)12-10-18-14(15(21)19-12)20-8-6-16(7-9-20)5-3-4-13(16)17/h10-11,13H,3-9,17H2,1-2H3,(H,19,21)/t13-/m1/s1. The van der Waals surface area contributed by atoms with Gasteiger partial charge in [-0.05, 0) is 37.0 Å². The number of nitrogens with two attached hydrogens (primary N) is 1. The molecule has 3 rings (SSSR count). The number of rotatable bonds is 2. The van der Waals surface area contributed by atoms with Crippen molar-refractivity contribution < 1.29 is 0 Å². The van der Waals surface area contributed by atoms with Crippen molar-refractivity contribution in [3.63, 3.8) is 0 Å². The Morgan fingerprint density at radius 1 is 1.38 bits per heavy atom. The molecule has 2 aliphatic rings. The van der Waals surface area contributed by atoms with Crippen LogP contribution in [-0.2, 0) is 0 Å². The first-order chi connectivity index (χ1) is 10.0. The van der Waals surface area contributed by atoms with E-state index in [1.807, 2.05) is 0 Å². The minimum Gasteiger partial charge on any atom is -0.352 e. The molecule has 0 unspecified atom stereocenters. The van der Waals surface area contributed by atoms with E-state index < -0.39 is 0 Å². The molecule has 5 nitrogen and oxygen atoms in total. The lowest BCUT2D eigenvalue weighted by molar-refractivity contribution is 0.197. The van der Waals surface area contributed by atoms with Gasteiger partial charge in [0, 0.05) is 31.0 Å². The number of nitrogens with zero attached hydrogens (tertiary/aromatic N) is 2. The second-order valence-electron chi connectivity index (χ2n) is 6.99. The number of H-pyrrole nitrogens is 1. The molecule has 0 amide bonds. The fraction of sp³-hybridized carbons (Fsp3) is 0.750. The van der Waals surface area contributed by atoms with Crippen LogP contribution >= 0.6 is 0 Å². The zero-order valence-corrected chi connectivity index (χ0v) is 13.1. The summed E-state index contributed by atoms with van der Waals surface area (Å²) in [5, 5.41) is 0. The zero-order chi connectivity index (χ0) is 15.0. The predicted molar refractivity (Wildman–Crippen MR) is 84.7 cm³/mol. The molecule has 2 heterocycles. The van der Waals surface area contributed by atoms with Gasteiger partial charge in [-0.2, -0.15) is 0 Å². The van der Waals surface area contributed by atoms with Crippen molar-refractivity contribution in [3.8, 4) is 0 Å². The van der Waals surface area contributed by atoms with Crippen LogP contribution in [-0.4, -0.2) is 29.1 Å². The summed E-state index contributed by atoms with van der Waals surface area (Å²) in [6.45, 7) is 5.90. The largest absolute Gasteiger partial charge is 0.352 e. The highest BCUT2D eigenvalue weighted by Crippen LogP contribution is 2.45. The number of aromatic amines is 1. The Kier molecular flexibility index (Phi) is 3.78. The van der Waals surface area contributed by atoms with Crippen LogP contribution < -0.4 is 16.2 Å². The summed E-state index contributed by atoms with van der Waals surface area (Å²) in [5.41, 5.74) is 7.47. The minimum atomic E-state index is -0.0622.